The van der Waals surface area contributed by atoms with Crippen LogP contribution in [0, 0.1) is 0 Å². The third kappa shape index (κ3) is 3.88. The van der Waals surface area contributed by atoms with Crippen LogP contribution in [0.25, 0.3) is 0 Å². The third-order valence-corrected chi connectivity index (χ3v) is 4.48. The Hall–Kier alpha value is -0.710. The molecule has 0 saturated carbocycles. The van der Waals surface area contributed by atoms with Crippen molar-refractivity contribution in [3.05, 3.63) is 34.3 Å². The van der Waals surface area contributed by atoms with E-state index < -0.39 is 0 Å². The van der Waals surface area contributed by atoms with E-state index in [9.17, 15) is 4.79 Å². The zero-order valence-electron chi connectivity index (χ0n) is 11.6. The van der Waals surface area contributed by atoms with Gasteiger partial charge in [-0.25, -0.2) is 0 Å². The van der Waals surface area contributed by atoms with E-state index in [4.69, 9.17) is 0 Å². The maximum absolute atomic E-state index is 12.3. The van der Waals surface area contributed by atoms with E-state index in [1.807, 2.05) is 24.3 Å². The lowest BCUT2D eigenvalue weighted by molar-refractivity contribution is 0.0857. The first kappa shape index (κ1) is 14.7. The van der Waals surface area contributed by atoms with Crippen molar-refractivity contribution in [1.29, 1.82) is 0 Å². The highest BCUT2D eigenvalue weighted by Crippen LogP contribution is 2.18. The number of halogens is 1. The van der Waals surface area contributed by atoms with Gasteiger partial charge in [-0.3, -0.25) is 9.69 Å². The average molecular weight is 325 g/mol. The van der Waals surface area contributed by atoms with Gasteiger partial charge in [0.1, 0.15) is 0 Å². The molecule has 1 heterocycles. The lowest BCUT2D eigenvalue weighted by Gasteiger charge is -2.35. The van der Waals surface area contributed by atoms with E-state index in [0.717, 1.165) is 16.6 Å². The summed E-state index contributed by atoms with van der Waals surface area (Å²) in [6.07, 6.45) is 2.40. The molecule has 1 saturated heterocycles. The molecule has 0 spiro atoms. The maximum Gasteiger partial charge on any atom is 0.177 e. The molecule has 1 unspecified atom stereocenters. The summed E-state index contributed by atoms with van der Waals surface area (Å²) < 4.78 is 0.883. The summed E-state index contributed by atoms with van der Waals surface area (Å²) in [6.45, 7) is 2.71. The van der Waals surface area contributed by atoms with Crippen molar-refractivity contribution in [3.63, 3.8) is 0 Å². The number of benzene rings is 1. The Labute approximate surface area is 123 Å². The second-order valence-electron chi connectivity index (χ2n) is 5.38. The summed E-state index contributed by atoms with van der Waals surface area (Å²) in [4.78, 5) is 16.8. The van der Waals surface area contributed by atoms with Gasteiger partial charge in [-0.2, -0.15) is 0 Å². The predicted octanol–water partition coefficient (Wildman–Crippen LogP) is 2.66. The molecule has 1 fully saturated rings. The van der Waals surface area contributed by atoms with Gasteiger partial charge in [-0.15, -0.1) is 0 Å². The van der Waals surface area contributed by atoms with Crippen LogP contribution in [0.1, 0.15) is 23.2 Å². The molecule has 0 aliphatic carbocycles. The molecule has 0 aromatic heterocycles. The number of rotatable bonds is 4. The zero-order valence-corrected chi connectivity index (χ0v) is 13.2. The molecule has 0 radical (unpaired) electrons. The Balaban J connectivity index is 1.97. The van der Waals surface area contributed by atoms with E-state index in [1.54, 1.807) is 0 Å². The topological polar surface area (TPSA) is 23.6 Å². The van der Waals surface area contributed by atoms with Crippen molar-refractivity contribution in [3.8, 4) is 0 Å². The van der Waals surface area contributed by atoms with Crippen LogP contribution in [0.3, 0.4) is 0 Å². The third-order valence-electron chi connectivity index (χ3n) is 3.79. The van der Waals surface area contributed by atoms with Gasteiger partial charge in [0.25, 0.3) is 0 Å². The molecule has 0 N–H and O–H groups in total. The predicted molar refractivity (Wildman–Crippen MR) is 81.6 cm³/mol. The number of hydrogen-bond donors (Lipinski definition) is 0. The Morgan fingerprint density at radius 3 is 2.89 bits per heavy atom. The SMILES string of the molecule is CN1CCCC(N(C)CC(=O)c2ccccc2Br)C1. The van der Waals surface area contributed by atoms with Crippen molar-refractivity contribution >= 4 is 21.7 Å². The van der Waals surface area contributed by atoms with Crippen LogP contribution in [-0.4, -0.2) is 55.4 Å². The number of carbonyl (C=O) groups is 1. The number of piperidine rings is 1. The van der Waals surface area contributed by atoms with Gasteiger partial charge < -0.3 is 4.90 Å². The highest BCUT2D eigenvalue weighted by molar-refractivity contribution is 9.10. The van der Waals surface area contributed by atoms with Crippen molar-refractivity contribution < 1.29 is 4.79 Å². The summed E-state index contributed by atoms with van der Waals surface area (Å²) in [5, 5.41) is 0. The average Bonchev–Trinajstić information content (AvgIpc) is 2.39. The molecule has 104 valence electrons. The van der Waals surface area contributed by atoms with Crippen LogP contribution in [0.15, 0.2) is 28.7 Å². The minimum absolute atomic E-state index is 0.184. The number of nitrogens with zero attached hydrogens (tertiary/aromatic N) is 2. The number of carbonyl (C=O) groups excluding carboxylic acids is 1. The lowest BCUT2D eigenvalue weighted by atomic mass is 10.0. The summed E-state index contributed by atoms with van der Waals surface area (Å²) in [6, 6.07) is 8.13. The first-order valence-electron chi connectivity index (χ1n) is 6.74. The molecule has 0 amide bonds. The van der Waals surface area contributed by atoms with Gasteiger partial charge in [-0.1, -0.05) is 34.1 Å². The lowest BCUT2D eigenvalue weighted by Crippen LogP contribution is -2.46. The fourth-order valence-corrected chi connectivity index (χ4v) is 3.13. The van der Waals surface area contributed by atoms with E-state index in [1.165, 1.54) is 19.4 Å². The van der Waals surface area contributed by atoms with Gasteiger partial charge in [0.05, 0.1) is 6.54 Å². The molecule has 1 aliphatic rings. The summed E-state index contributed by atoms with van der Waals surface area (Å²) in [7, 11) is 4.20. The minimum atomic E-state index is 0.184. The molecule has 1 aliphatic heterocycles. The van der Waals surface area contributed by atoms with Gasteiger partial charge in [0.2, 0.25) is 0 Å². The standard InChI is InChI=1S/C15H21BrN2O/c1-17-9-5-6-12(10-17)18(2)11-15(19)13-7-3-4-8-14(13)16/h3-4,7-8,12H,5-6,9-11H2,1-2H3. The summed E-state index contributed by atoms with van der Waals surface area (Å²) in [5.74, 6) is 0.184. The van der Waals surface area contributed by atoms with Gasteiger partial charge in [0, 0.05) is 22.6 Å². The van der Waals surface area contributed by atoms with E-state index in [2.05, 4.69) is 39.8 Å². The number of likely N-dealkylation sites (tertiary alicyclic amines) is 1. The molecule has 0 bridgehead atoms. The number of likely N-dealkylation sites (N-methyl/N-ethyl adjacent to an activating group) is 2. The smallest absolute Gasteiger partial charge is 0.177 e. The number of Topliss-reactive ketones (excluding diaryl/α,β-unsaturated/α-hetero) is 1. The first-order chi connectivity index (χ1) is 9.08. The number of hydrogen-bond acceptors (Lipinski definition) is 3. The second kappa shape index (κ2) is 6.64. The first-order valence-corrected chi connectivity index (χ1v) is 7.53. The normalized spacial score (nSPS) is 20.7. The van der Waals surface area contributed by atoms with E-state index >= 15 is 0 Å². The summed E-state index contributed by atoms with van der Waals surface area (Å²) >= 11 is 3.44. The molecule has 19 heavy (non-hydrogen) atoms. The van der Waals surface area contributed by atoms with Crippen molar-refractivity contribution in [2.24, 2.45) is 0 Å². The minimum Gasteiger partial charge on any atom is -0.305 e. The molecule has 1 aromatic rings. The zero-order chi connectivity index (χ0) is 13.8. The molecule has 3 nitrogen and oxygen atoms in total. The fourth-order valence-electron chi connectivity index (χ4n) is 2.63. The molecular formula is C15H21BrN2O. The van der Waals surface area contributed by atoms with E-state index in [-0.39, 0.29) is 5.78 Å². The molecule has 4 heteroatoms. The monoisotopic (exact) mass is 324 g/mol. The van der Waals surface area contributed by atoms with Crippen molar-refractivity contribution in [1.82, 2.24) is 9.80 Å². The van der Waals surface area contributed by atoms with Crippen molar-refractivity contribution in [2.45, 2.75) is 18.9 Å². The molecule has 2 rings (SSSR count). The van der Waals surface area contributed by atoms with Crippen LogP contribution in [0.5, 0.6) is 0 Å². The molecule has 1 atom stereocenters. The maximum atomic E-state index is 12.3. The largest absolute Gasteiger partial charge is 0.305 e. The van der Waals surface area contributed by atoms with Crippen LogP contribution in [-0.2, 0) is 0 Å². The highest BCUT2D eigenvalue weighted by Gasteiger charge is 2.23. The van der Waals surface area contributed by atoms with Crippen LogP contribution < -0.4 is 0 Å². The molecule has 1 aromatic carbocycles. The summed E-state index contributed by atoms with van der Waals surface area (Å²) in [5.41, 5.74) is 0.776. The molecular weight excluding hydrogens is 304 g/mol. The fraction of sp³-hybridized carbons (Fsp3) is 0.533. The Kier molecular flexibility index (Phi) is 5.13. The van der Waals surface area contributed by atoms with E-state index in [0.29, 0.717) is 12.6 Å². The highest BCUT2D eigenvalue weighted by atomic mass is 79.9. The van der Waals surface area contributed by atoms with Crippen LogP contribution in [0.2, 0.25) is 0 Å². The van der Waals surface area contributed by atoms with Crippen molar-refractivity contribution in [2.75, 3.05) is 33.7 Å². The Morgan fingerprint density at radius 2 is 2.21 bits per heavy atom. The van der Waals surface area contributed by atoms with Gasteiger partial charge in [-0.05, 0) is 39.5 Å². The van der Waals surface area contributed by atoms with Crippen LogP contribution >= 0.6 is 15.9 Å². The number of ketones is 1. The van der Waals surface area contributed by atoms with Gasteiger partial charge >= 0.3 is 0 Å². The Bertz CT molecular complexity index is 450. The van der Waals surface area contributed by atoms with Gasteiger partial charge in [0.15, 0.2) is 5.78 Å². The van der Waals surface area contributed by atoms with Crippen LogP contribution in [0.4, 0.5) is 0 Å². The Morgan fingerprint density at radius 1 is 1.47 bits per heavy atom. The quantitative estimate of drug-likeness (QED) is 0.795. The second-order valence-corrected chi connectivity index (χ2v) is 6.23.